The van der Waals surface area contributed by atoms with E-state index in [-0.39, 0.29) is 0 Å². The number of aromatic nitrogens is 3. The summed E-state index contributed by atoms with van der Waals surface area (Å²) in [6, 6.07) is 21.6. The van der Waals surface area contributed by atoms with E-state index >= 15 is 0 Å². The van der Waals surface area contributed by atoms with Gasteiger partial charge in [0.1, 0.15) is 0 Å². The van der Waals surface area contributed by atoms with Crippen LogP contribution in [0.25, 0.3) is 33.6 Å². The third-order valence-corrected chi connectivity index (χ3v) is 6.89. The highest BCUT2D eigenvalue weighted by atomic mass is 15.3. The zero-order chi connectivity index (χ0) is 24.9. The summed E-state index contributed by atoms with van der Waals surface area (Å²) < 4.78 is 0. The third kappa shape index (κ3) is 5.68. The number of benzene rings is 1. The van der Waals surface area contributed by atoms with Crippen LogP contribution in [-0.2, 0) is 13.1 Å². The van der Waals surface area contributed by atoms with Gasteiger partial charge in [0, 0.05) is 75.0 Å². The Hall–Kier alpha value is -3.45. The topological polar surface area (TPSA) is 71.2 Å². The number of nitrogens with two attached hydrogens (primary N) is 1. The highest BCUT2D eigenvalue weighted by Crippen LogP contribution is 2.29. The molecule has 1 aliphatic heterocycles. The lowest BCUT2D eigenvalue weighted by atomic mass is 9.99. The van der Waals surface area contributed by atoms with Crippen LogP contribution in [0.4, 0.5) is 0 Å². The second kappa shape index (κ2) is 11.1. The monoisotopic (exact) mass is 478 g/mol. The maximum absolute atomic E-state index is 5.98. The van der Waals surface area contributed by atoms with Crippen LogP contribution in [0.15, 0.2) is 79.3 Å². The van der Waals surface area contributed by atoms with Crippen molar-refractivity contribution in [2.24, 2.45) is 5.73 Å². The predicted octanol–water partition coefficient (Wildman–Crippen LogP) is 4.86. The summed E-state index contributed by atoms with van der Waals surface area (Å²) >= 11 is 0. The van der Waals surface area contributed by atoms with Gasteiger partial charge >= 0.3 is 0 Å². The van der Waals surface area contributed by atoms with Crippen LogP contribution in [-0.4, -0.2) is 57.0 Å². The van der Waals surface area contributed by atoms with Crippen LogP contribution in [0.2, 0.25) is 0 Å². The number of piperazine rings is 1. The molecule has 0 radical (unpaired) electrons. The standard InChI is InChI=1S/C30H34N6/c1-22(2)36-12-10-35(11-13-36)21-23-6-5-7-24(14-23)26-15-27(20-32-19-26)25-16-28(18-31)34-30(17-25)29-8-3-4-9-33-29/h3-9,14-17,19-20,22H,10-13,18,21,31H2,1-2H3. The Morgan fingerprint density at radius 2 is 1.61 bits per heavy atom. The molecular weight excluding hydrogens is 444 g/mol. The van der Waals surface area contributed by atoms with Crippen molar-refractivity contribution in [1.29, 1.82) is 0 Å². The maximum atomic E-state index is 5.98. The highest BCUT2D eigenvalue weighted by molar-refractivity contribution is 5.74. The van der Waals surface area contributed by atoms with Crippen LogP contribution < -0.4 is 5.73 Å². The molecule has 0 bridgehead atoms. The molecule has 5 rings (SSSR count). The minimum absolute atomic E-state index is 0.369. The molecule has 0 spiro atoms. The molecule has 6 heteroatoms. The number of hydrogen-bond donors (Lipinski definition) is 1. The highest BCUT2D eigenvalue weighted by Gasteiger charge is 2.19. The first-order valence-corrected chi connectivity index (χ1v) is 12.7. The van der Waals surface area contributed by atoms with E-state index in [0.717, 1.165) is 66.5 Å². The minimum Gasteiger partial charge on any atom is -0.325 e. The lowest BCUT2D eigenvalue weighted by Gasteiger charge is -2.37. The molecule has 1 saturated heterocycles. The number of nitrogens with zero attached hydrogens (tertiary/aromatic N) is 5. The number of rotatable bonds is 7. The van der Waals surface area contributed by atoms with E-state index in [1.807, 2.05) is 36.7 Å². The van der Waals surface area contributed by atoms with Crippen LogP contribution in [0.1, 0.15) is 25.1 Å². The van der Waals surface area contributed by atoms with Crippen LogP contribution >= 0.6 is 0 Å². The van der Waals surface area contributed by atoms with E-state index in [2.05, 4.69) is 70.0 Å². The summed E-state index contributed by atoms with van der Waals surface area (Å²) in [7, 11) is 0. The van der Waals surface area contributed by atoms with Gasteiger partial charge in [-0.2, -0.15) is 0 Å². The predicted molar refractivity (Wildman–Crippen MR) is 146 cm³/mol. The van der Waals surface area contributed by atoms with Crippen molar-refractivity contribution in [3.8, 4) is 33.6 Å². The molecule has 2 N–H and O–H groups in total. The molecular formula is C30H34N6. The van der Waals surface area contributed by atoms with Crippen LogP contribution in [0.3, 0.4) is 0 Å². The third-order valence-electron chi connectivity index (χ3n) is 6.89. The quantitative estimate of drug-likeness (QED) is 0.409. The van der Waals surface area contributed by atoms with Gasteiger partial charge < -0.3 is 5.73 Å². The Morgan fingerprint density at radius 1 is 0.806 bits per heavy atom. The second-order valence-electron chi connectivity index (χ2n) is 9.72. The largest absolute Gasteiger partial charge is 0.325 e. The van der Waals surface area contributed by atoms with Gasteiger partial charge in [0.2, 0.25) is 0 Å². The summed E-state index contributed by atoms with van der Waals surface area (Å²) in [5.74, 6) is 0. The van der Waals surface area contributed by atoms with Gasteiger partial charge in [0.05, 0.1) is 17.1 Å². The Labute approximate surface area is 213 Å². The molecule has 0 atom stereocenters. The van der Waals surface area contributed by atoms with Gasteiger partial charge in [-0.05, 0) is 66.9 Å². The van der Waals surface area contributed by atoms with Crippen molar-refractivity contribution >= 4 is 0 Å². The smallest absolute Gasteiger partial charge is 0.0896 e. The molecule has 184 valence electrons. The molecule has 4 heterocycles. The van der Waals surface area contributed by atoms with E-state index in [1.165, 1.54) is 11.1 Å². The Morgan fingerprint density at radius 3 is 2.33 bits per heavy atom. The van der Waals surface area contributed by atoms with Crippen molar-refractivity contribution in [3.63, 3.8) is 0 Å². The molecule has 0 unspecified atom stereocenters. The molecule has 0 amide bonds. The van der Waals surface area contributed by atoms with Crippen molar-refractivity contribution in [3.05, 3.63) is 90.5 Å². The van der Waals surface area contributed by atoms with E-state index in [0.29, 0.717) is 12.6 Å². The van der Waals surface area contributed by atoms with Gasteiger partial charge in [-0.3, -0.25) is 19.8 Å². The first-order chi connectivity index (χ1) is 17.6. The van der Waals surface area contributed by atoms with Crippen LogP contribution in [0.5, 0.6) is 0 Å². The van der Waals surface area contributed by atoms with E-state index in [9.17, 15) is 0 Å². The zero-order valence-electron chi connectivity index (χ0n) is 21.1. The van der Waals surface area contributed by atoms with Crippen molar-refractivity contribution < 1.29 is 0 Å². The Kier molecular flexibility index (Phi) is 7.47. The second-order valence-corrected chi connectivity index (χ2v) is 9.72. The lowest BCUT2D eigenvalue weighted by Crippen LogP contribution is -2.48. The fourth-order valence-corrected chi connectivity index (χ4v) is 4.81. The van der Waals surface area contributed by atoms with E-state index in [4.69, 9.17) is 10.7 Å². The Balaban J connectivity index is 1.38. The molecule has 3 aromatic heterocycles. The van der Waals surface area contributed by atoms with Gasteiger partial charge in [0.25, 0.3) is 0 Å². The molecule has 4 aromatic rings. The van der Waals surface area contributed by atoms with Crippen molar-refractivity contribution in [2.45, 2.75) is 33.0 Å². The zero-order valence-corrected chi connectivity index (χ0v) is 21.1. The number of pyridine rings is 3. The fourth-order valence-electron chi connectivity index (χ4n) is 4.81. The van der Waals surface area contributed by atoms with E-state index in [1.54, 1.807) is 6.20 Å². The van der Waals surface area contributed by atoms with Crippen molar-refractivity contribution in [1.82, 2.24) is 24.8 Å². The summed E-state index contributed by atoms with van der Waals surface area (Å²) in [6.45, 7) is 10.4. The first kappa shape index (κ1) is 24.3. The van der Waals surface area contributed by atoms with Crippen molar-refractivity contribution in [2.75, 3.05) is 26.2 Å². The molecule has 1 aliphatic rings. The minimum atomic E-state index is 0.369. The Bertz CT molecular complexity index is 1300. The molecule has 0 aliphatic carbocycles. The molecule has 36 heavy (non-hydrogen) atoms. The molecule has 6 nitrogen and oxygen atoms in total. The number of hydrogen-bond acceptors (Lipinski definition) is 6. The normalized spacial score (nSPS) is 14.9. The maximum Gasteiger partial charge on any atom is 0.0896 e. The average Bonchev–Trinajstić information content (AvgIpc) is 2.94. The molecule has 1 fully saturated rings. The lowest BCUT2D eigenvalue weighted by molar-refractivity contribution is 0.104. The fraction of sp³-hybridized carbons (Fsp3) is 0.300. The summed E-state index contributed by atoms with van der Waals surface area (Å²) in [6.07, 6.45) is 5.62. The van der Waals surface area contributed by atoms with Gasteiger partial charge in [0.15, 0.2) is 0 Å². The first-order valence-electron chi connectivity index (χ1n) is 12.7. The van der Waals surface area contributed by atoms with Gasteiger partial charge in [-0.1, -0.05) is 24.3 Å². The van der Waals surface area contributed by atoms with Crippen LogP contribution in [0, 0.1) is 0 Å². The van der Waals surface area contributed by atoms with Gasteiger partial charge in [-0.15, -0.1) is 0 Å². The molecule has 1 aromatic carbocycles. The summed E-state index contributed by atoms with van der Waals surface area (Å²) in [4.78, 5) is 18.9. The van der Waals surface area contributed by atoms with Gasteiger partial charge in [-0.25, -0.2) is 4.98 Å². The molecule has 0 saturated carbocycles. The van der Waals surface area contributed by atoms with E-state index < -0.39 is 0 Å². The average molecular weight is 479 g/mol. The SMILES string of the molecule is CC(C)N1CCN(Cc2cccc(-c3cncc(-c4cc(CN)nc(-c5ccccn5)c4)c3)c2)CC1. The summed E-state index contributed by atoms with van der Waals surface area (Å²) in [5, 5.41) is 0. The summed E-state index contributed by atoms with van der Waals surface area (Å²) in [5.41, 5.74) is 14.2.